The summed E-state index contributed by atoms with van der Waals surface area (Å²) in [5, 5.41) is 3.24. The maximum absolute atomic E-state index is 12.3. The normalized spacial score (nSPS) is 20.5. The number of hydrogen-bond acceptors (Lipinski definition) is 1. The molecule has 2 amide bonds. The van der Waals surface area contributed by atoms with Crippen LogP contribution in [0.15, 0.2) is 30.3 Å². The van der Waals surface area contributed by atoms with Crippen molar-refractivity contribution in [3.05, 3.63) is 35.9 Å². The van der Waals surface area contributed by atoms with Crippen molar-refractivity contribution in [2.75, 3.05) is 7.05 Å². The summed E-state index contributed by atoms with van der Waals surface area (Å²) in [5.41, 5.74) is 1.24. The fourth-order valence-electron chi connectivity index (χ4n) is 2.77. The lowest BCUT2D eigenvalue weighted by Crippen LogP contribution is -2.43. The van der Waals surface area contributed by atoms with Crippen molar-refractivity contribution in [3.63, 3.8) is 0 Å². The minimum absolute atomic E-state index is 0.0863. The van der Waals surface area contributed by atoms with Crippen molar-refractivity contribution in [3.8, 4) is 0 Å². The Morgan fingerprint density at radius 2 is 1.89 bits per heavy atom. The molecule has 0 aromatic heterocycles. The number of hydrogen-bond donors (Lipinski definition) is 1. The zero-order chi connectivity index (χ0) is 13.2. The molecule has 1 unspecified atom stereocenters. The molecule has 2 fully saturated rings. The van der Waals surface area contributed by atoms with Gasteiger partial charge in [-0.05, 0) is 37.2 Å². The first-order chi connectivity index (χ1) is 9.25. The van der Waals surface area contributed by atoms with Crippen LogP contribution in [0, 0.1) is 5.92 Å². The van der Waals surface area contributed by atoms with Crippen molar-refractivity contribution >= 4 is 6.03 Å². The highest BCUT2D eigenvalue weighted by atomic mass is 16.2. The van der Waals surface area contributed by atoms with E-state index in [9.17, 15) is 4.79 Å². The largest absolute Gasteiger partial charge is 0.331 e. The van der Waals surface area contributed by atoms with Gasteiger partial charge in [0.2, 0.25) is 0 Å². The number of rotatable bonds is 4. The summed E-state index contributed by atoms with van der Waals surface area (Å²) in [7, 11) is 1.91. The summed E-state index contributed by atoms with van der Waals surface area (Å²) in [6.07, 6.45) is 6.06. The van der Waals surface area contributed by atoms with Gasteiger partial charge >= 0.3 is 6.03 Å². The van der Waals surface area contributed by atoms with Crippen LogP contribution in [0.3, 0.4) is 0 Å². The van der Waals surface area contributed by atoms with Crippen molar-refractivity contribution < 1.29 is 4.79 Å². The Balaban J connectivity index is 1.70. The number of nitrogens with one attached hydrogen (secondary N) is 1. The predicted molar refractivity (Wildman–Crippen MR) is 75.8 cm³/mol. The van der Waals surface area contributed by atoms with Gasteiger partial charge in [-0.15, -0.1) is 0 Å². The van der Waals surface area contributed by atoms with Crippen LogP contribution in [0.2, 0.25) is 0 Å². The third kappa shape index (κ3) is 2.75. The quantitative estimate of drug-likeness (QED) is 0.882. The van der Waals surface area contributed by atoms with Gasteiger partial charge in [0.05, 0.1) is 6.04 Å². The van der Waals surface area contributed by atoms with Crippen LogP contribution in [0.5, 0.6) is 0 Å². The molecule has 3 rings (SSSR count). The molecule has 19 heavy (non-hydrogen) atoms. The average molecular weight is 258 g/mol. The molecule has 2 saturated carbocycles. The highest BCUT2D eigenvalue weighted by Crippen LogP contribution is 2.38. The molecule has 0 spiro atoms. The van der Waals surface area contributed by atoms with Crippen molar-refractivity contribution in [2.24, 2.45) is 5.92 Å². The van der Waals surface area contributed by atoms with E-state index in [0.29, 0.717) is 12.0 Å². The molecule has 3 nitrogen and oxygen atoms in total. The molecule has 0 aliphatic heterocycles. The molecule has 0 radical (unpaired) electrons. The van der Waals surface area contributed by atoms with Crippen LogP contribution in [0.4, 0.5) is 4.79 Å². The standard InChI is InChI=1S/C16H22N2O/c1-18(14-10-11-14)16(19)17-15(13-8-5-9-13)12-6-3-2-4-7-12/h2-4,6-7,13-15H,5,8-11H2,1H3,(H,17,19). The molecule has 2 aliphatic rings. The molecule has 1 aromatic rings. The lowest BCUT2D eigenvalue weighted by molar-refractivity contribution is 0.182. The minimum atomic E-state index is 0.0863. The average Bonchev–Trinajstić information content (AvgIpc) is 3.20. The summed E-state index contributed by atoms with van der Waals surface area (Å²) in [4.78, 5) is 14.1. The van der Waals surface area contributed by atoms with Gasteiger partial charge in [-0.1, -0.05) is 36.8 Å². The lowest BCUT2D eigenvalue weighted by Gasteiger charge is -2.35. The Morgan fingerprint density at radius 3 is 2.42 bits per heavy atom. The van der Waals surface area contributed by atoms with E-state index < -0.39 is 0 Å². The van der Waals surface area contributed by atoms with E-state index in [4.69, 9.17) is 0 Å². The Kier molecular flexibility index (Phi) is 3.45. The van der Waals surface area contributed by atoms with E-state index in [1.807, 2.05) is 18.0 Å². The topological polar surface area (TPSA) is 32.3 Å². The number of carbonyl (C=O) groups is 1. The summed E-state index contributed by atoms with van der Waals surface area (Å²) in [6, 6.07) is 11.1. The molecule has 0 bridgehead atoms. The van der Waals surface area contributed by atoms with E-state index in [-0.39, 0.29) is 12.1 Å². The monoisotopic (exact) mass is 258 g/mol. The number of urea groups is 1. The predicted octanol–water partition coefficient (Wildman–Crippen LogP) is 3.33. The lowest BCUT2D eigenvalue weighted by atomic mass is 9.77. The van der Waals surface area contributed by atoms with Gasteiger partial charge in [0, 0.05) is 13.1 Å². The van der Waals surface area contributed by atoms with E-state index in [1.54, 1.807) is 0 Å². The molecular weight excluding hydrogens is 236 g/mol. The maximum atomic E-state index is 12.3. The van der Waals surface area contributed by atoms with Crippen LogP contribution >= 0.6 is 0 Å². The van der Waals surface area contributed by atoms with Gasteiger partial charge in [-0.2, -0.15) is 0 Å². The zero-order valence-electron chi connectivity index (χ0n) is 11.5. The van der Waals surface area contributed by atoms with E-state index >= 15 is 0 Å². The molecule has 3 heteroatoms. The molecular formula is C16H22N2O. The summed E-state index contributed by atoms with van der Waals surface area (Å²) < 4.78 is 0. The van der Waals surface area contributed by atoms with Gasteiger partial charge in [-0.3, -0.25) is 0 Å². The number of carbonyl (C=O) groups excluding carboxylic acids is 1. The minimum Gasteiger partial charge on any atom is -0.331 e. The fraction of sp³-hybridized carbons (Fsp3) is 0.562. The number of benzene rings is 1. The summed E-state index contributed by atoms with van der Waals surface area (Å²) in [6.45, 7) is 0. The first kappa shape index (κ1) is 12.5. The van der Waals surface area contributed by atoms with Crippen LogP contribution in [-0.4, -0.2) is 24.0 Å². The fourth-order valence-corrected chi connectivity index (χ4v) is 2.77. The number of amides is 2. The number of nitrogens with zero attached hydrogens (tertiary/aromatic N) is 1. The van der Waals surface area contributed by atoms with Crippen molar-refractivity contribution in [2.45, 2.75) is 44.2 Å². The Hall–Kier alpha value is -1.51. The van der Waals surface area contributed by atoms with Crippen LogP contribution < -0.4 is 5.32 Å². The smallest absolute Gasteiger partial charge is 0.317 e. The third-order valence-electron chi connectivity index (χ3n) is 4.47. The zero-order valence-corrected chi connectivity index (χ0v) is 11.5. The van der Waals surface area contributed by atoms with Crippen molar-refractivity contribution in [1.82, 2.24) is 10.2 Å². The van der Waals surface area contributed by atoms with E-state index in [1.165, 1.54) is 24.8 Å². The summed E-state index contributed by atoms with van der Waals surface area (Å²) >= 11 is 0. The molecule has 0 saturated heterocycles. The van der Waals surface area contributed by atoms with Gasteiger partial charge in [-0.25, -0.2) is 4.79 Å². The molecule has 1 atom stereocenters. The van der Waals surface area contributed by atoms with Gasteiger partial charge < -0.3 is 10.2 Å². The third-order valence-corrected chi connectivity index (χ3v) is 4.47. The van der Waals surface area contributed by atoms with E-state index in [2.05, 4.69) is 29.6 Å². The highest BCUT2D eigenvalue weighted by molar-refractivity contribution is 5.75. The molecule has 0 heterocycles. The maximum Gasteiger partial charge on any atom is 0.317 e. The van der Waals surface area contributed by atoms with Crippen LogP contribution in [0.25, 0.3) is 0 Å². The Bertz CT molecular complexity index is 437. The summed E-state index contributed by atoms with van der Waals surface area (Å²) in [5.74, 6) is 0.610. The van der Waals surface area contributed by atoms with Gasteiger partial charge in [0.1, 0.15) is 0 Å². The second-order valence-corrected chi connectivity index (χ2v) is 5.87. The molecule has 102 valence electrons. The highest BCUT2D eigenvalue weighted by Gasteiger charge is 2.34. The first-order valence-corrected chi connectivity index (χ1v) is 7.34. The van der Waals surface area contributed by atoms with Crippen LogP contribution in [0.1, 0.15) is 43.7 Å². The first-order valence-electron chi connectivity index (χ1n) is 7.34. The van der Waals surface area contributed by atoms with Crippen LogP contribution in [-0.2, 0) is 0 Å². The van der Waals surface area contributed by atoms with Crippen molar-refractivity contribution in [1.29, 1.82) is 0 Å². The van der Waals surface area contributed by atoms with Gasteiger partial charge in [0.25, 0.3) is 0 Å². The Labute approximate surface area is 115 Å². The molecule has 1 aromatic carbocycles. The van der Waals surface area contributed by atoms with Gasteiger partial charge in [0.15, 0.2) is 0 Å². The molecule has 2 aliphatic carbocycles. The Morgan fingerprint density at radius 1 is 1.21 bits per heavy atom. The van der Waals surface area contributed by atoms with E-state index in [0.717, 1.165) is 12.8 Å². The second-order valence-electron chi connectivity index (χ2n) is 5.87. The SMILES string of the molecule is CN(C(=O)NC(c1ccccc1)C1CCC1)C1CC1. The molecule has 1 N–H and O–H groups in total. The second kappa shape index (κ2) is 5.24.